The van der Waals surface area contributed by atoms with Crippen LogP contribution in [0.1, 0.15) is 25.3 Å². The molecule has 136 valence electrons. The Hall–Kier alpha value is -3.02. The van der Waals surface area contributed by atoms with E-state index in [1.54, 1.807) is 18.3 Å². The molecule has 2 aromatic rings. The number of rotatable bonds is 7. The molecule has 0 spiro atoms. The number of ether oxygens (including phenoxy) is 3. The smallest absolute Gasteiger partial charge is 0.284 e. The summed E-state index contributed by atoms with van der Waals surface area (Å²) in [6.45, 7) is 3.00. The molecule has 0 fully saturated rings. The van der Waals surface area contributed by atoms with Crippen LogP contribution in [-0.2, 0) is 4.79 Å². The zero-order valence-corrected chi connectivity index (χ0v) is 14.7. The van der Waals surface area contributed by atoms with Gasteiger partial charge in [-0.25, -0.2) is 5.43 Å². The van der Waals surface area contributed by atoms with Crippen LogP contribution in [0.3, 0.4) is 0 Å². The molecule has 0 saturated heterocycles. The Morgan fingerprint density at radius 1 is 1.23 bits per heavy atom. The molecule has 0 aromatic heterocycles. The van der Waals surface area contributed by atoms with Crippen molar-refractivity contribution in [2.45, 2.75) is 25.9 Å². The molecule has 1 atom stereocenters. The largest absolute Gasteiger partial charge is 0.494 e. The van der Waals surface area contributed by atoms with Crippen molar-refractivity contribution in [1.82, 2.24) is 5.43 Å². The van der Waals surface area contributed by atoms with Crippen LogP contribution >= 0.6 is 0 Å². The van der Waals surface area contributed by atoms with E-state index >= 15 is 0 Å². The lowest BCUT2D eigenvalue weighted by Gasteiger charge is -2.24. The first-order valence-electron chi connectivity index (χ1n) is 8.70. The molecule has 0 saturated carbocycles. The van der Waals surface area contributed by atoms with Gasteiger partial charge in [0.15, 0.2) is 11.5 Å². The summed E-state index contributed by atoms with van der Waals surface area (Å²) < 4.78 is 16.8. The van der Waals surface area contributed by atoms with Crippen molar-refractivity contribution in [3.8, 4) is 17.2 Å². The Morgan fingerprint density at radius 3 is 2.77 bits per heavy atom. The van der Waals surface area contributed by atoms with Crippen molar-refractivity contribution in [3.05, 3.63) is 54.1 Å². The highest BCUT2D eigenvalue weighted by Gasteiger charge is 2.26. The molecule has 1 aliphatic rings. The zero-order valence-electron chi connectivity index (χ0n) is 14.7. The zero-order chi connectivity index (χ0) is 18.2. The number of benzene rings is 2. The minimum Gasteiger partial charge on any atom is -0.494 e. The van der Waals surface area contributed by atoms with Crippen LogP contribution in [-0.4, -0.2) is 31.4 Å². The van der Waals surface area contributed by atoms with E-state index in [1.807, 2.05) is 36.4 Å². The number of amides is 1. The summed E-state index contributed by atoms with van der Waals surface area (Å²) >= 11 is 0. The Balaban J connectivity index is 1.48. The number of carbonyl (C=O) groups is 1. The number of fused-ring (bicyclic) bond motifs is 1. The fraction of sp³-hybridized carbons (Fsp3) is 0.300. The Kier molecular flexibility index (Phi) is 6.09. The average Bonchev–Trinajstić information content (AvgIpc) is 2.69. The highest BCUT2D eigenvalue weighted by atomic mass is 16.6. The van der Waals surface area contributed by atoms with Crippen LogP contribution in [0.5, 0.6) is 17.2 Å². The third kappa shape index (κ3) is 4.75. The van der Waals surface area contributed by atoms with Gasteiger partial charge >= 0.3 is 0 Å². The lowest BCUT2D eigenvalue weighted by atomic mass is 10.2. The SMILES string of the molecule is CCCCOc1ccc(/C=N\NC(=O)[C@@H]2COc3ccccc3O2)cc1. The van der Waals surface area contributed by atoms with Crippen LogP contribution in [0.15, 0.2) is 53.6 Å². The van der Waals surface area contributed by atoms with Gasteiger partial charge in [-0.3, -0.25) is 4.79 Å². The van der Waals surface area contributed by atoms with E-state index in [0.29, 0.717) is 18.1 Å². The standard InChI is InChI=1S/C20H22N2O4/c1-2-3-12-24-16-10-8-15(9-11-16)13-21-22-20(23)19-14-25-17-6-4-5-7-18(17)26-19/h4-11,13,19H,2-3,12,14H2,1H3,(H,22,23)/b21-13-/t19-/m0/s1. The molecule has 6 heteroatoms. The van der Waals surface area contributed by atoms with Crippen LogP contribution in [0.25, 0.3) is 0 Å². The van der Waals surface area contributed by atoms with Gasteiger partial charge in [-0.2, -0.15) is 5.10 Å². The first kappa shape index (κ1) is 17.8. The van der Waals surface area contributed by atoms with Gasteiger partial charge in [0.05, 0.1) is 12.8 Å². The van der Waals surface area contributed by atoms with Crippen molar-refractivity contribution in [2.24, 2.45) is 5.10 Å². The van der Waals surface area contributed by atoms with Gasteiger partial charge in [0, 0.05) is 0 Å². The molecule has 1 amide bonds. The van der Waals surface area contributed by atoms with E-state index < -0.39 is 6.10 Å². The van der Waals surface area contributed by atoms with E-state index in [9.17, 15) is 4.79 Å². The molecule has 1 heterocycles. The first-order valence-corrected chi connectivity index (χ1v) is 8.70. The molecule has 26 heavy (non-hydrogen) atoms. The average molecular weight is 354 g/mol. The number of unbranched alkanes of at least 4 members (excludes halogenated alkanes) is 1. The van der Waals surface area contributed by atoms with Crippen LogP contribution < -0.4 is 19.6 Å². The Bertz CT molecular complexity index is 759. The topological polar surface area (TPSA) is 69.2 Å². The maximum atomic E-state index is 12.1. The molecule has 6 nitrogen and oxygen atoms in total. The van der Waals surface area contributed by atoms with Crippen molar-refractivity contribution in [3.63, 3.8) is 0 Å². The number of para-hydroxylation sites is 2. The predicted octanol–water partition coefficient (Wildman–Crippen LogP) is 3.16. The molecule has 0 bridgehead atoms. The van der Waals surface area contributed by atoms with E-state index in [-0.39, 0.29) is 12.5 Å². The fourth-order valence-electron chi connectivity index (χ4n) is 2.38. The van der Waals surface area contributed by atoms with Gasteiger partial charge in [0.2, 0.25) is 6.10 Å². The highest BCUT2D eigenvalue weighted by molar-refractivity contribution is 5.85. The lowest BCUT2D eigenvalue weighted by Crippen LogP contribution is -2.42. The fourth-order valence-corrected chi connectivity index (χ4v) is 2.38. The molecular weight excluding hydrogens is 332 g/mol. The molecule has 3 rings (SSSR count). The normalized spacial score (nSPS) is 15.7. The minimum absolute atomic E-state index is 0.155. The van der Waals surface area contributed by atoms with E-state index in [0.717, 1.165) is 24.2 Å². The number of nitrogens with one attached hydrogen (secondary N) is 1. The first-order chi connectivity index (χ1) is 12.8. The predicted molar refractivity (Wildman–Crippen MR) is 98.9 cm³/mol. The lowest BCUT2D eigenvalue weighted by molar-refractivity contribution is -0.130. The van der Waals surface area contributed by atoms with E-state index in [4.69, 9.17) is 14.2 Å². The third-order valence-electron chi connectivity index (χ3n) is 3.84. The summed E-state index contributed by atoms with van der Waals surface area (Å²) in [5, 5.41) is 3.98. The second-order valence-electron chi connectivity index (χ2n) is 5.87. The number of nitrogens with zero attached hydrogens (tertiary/aromatic N) is 1. The van der Waals surface area contributed by atoms with E-state index in [1.165, 1.54) is 0 Å². The van der Waals surface area contributed by atoms with Crippen molar-refractivity contribution < 1.29 is 19.0 Å². The summed E-state index contributed by atoms with van der Waals surface area (Å²) in [6, 6.07) is 14.8. The van der Waals surface area contributed by atoms with Gasteiger partial charge < -0.3 is 14.2 Å². The van der Waals surface area contributed by atoms with Crippen molar-refractivity contribution in [1.29, 1.82) is 0 Å². The summed E-state index contributed by atoms with van der Waals surface area (Å²) in [4.78, 5) is 12.1. The molecule has 1 N–H and O–H groups in total. The molecule has 2 aromatic carbocycles. The summed E-state index contributed by atoms with van der Waals surface area (Å²) in [7, 11) is 0. The minimum atomic E-state index is -0.726. The van der Waals surface area contributed by atoms with Gasteiger partial charge in [0.1, 0.15) is 12.4 Å². The Labute approximate surface area is 152 Å². The second-order valence-corrected chi connectivity index (χ2v) is 5.87. The molecular formula is C20H22N2O4. The van der Waals surface area contributed by atoms with E-state index in [2.05, 4.69) is 17.5 Å². The number of hydrazone groups is 1. The molecule has 0 radical (unpaired) electrons. The Morgan fingerprint density at radius 2 is 2.00 bits per heavy atom. The third-order valence-corrected chi connectivity index (χ3v) is 3.84. The van der Waals surface area contributed by atoms with Crippen LogP contribution in [0.4, 0.5) is 0 Å². The molecule has 0 aliphatic carbocycles. The van der Waals surface area contributed by atoms with Gasteiger partial charge in [0.25, 0.3) is 5.91 Å². The quantitative estimate of drug-likeness (QED) is 0.471. The summed E-state index contributed by atoms with van der Waals surface area (Å²) in [5.74, 6) is 1.67. The monoisotopic (exact) mass is 354 g/mol. The van der Waals surface area contributed by atoms with Crippen molar-refractivity contribution in [2.75, 3.05) is 13.2 Å². The second kappa shape index (κ2) is 8.89. The number of hydrogen-bond acceptors (Lipinski definition) is 5. The maximum absolute atomic E-state index is 12.1. The molecule has 0 unspecified atom stereocenters. The van der Waals surface area contributed by atoms with Gasteiger partial charge in [-0.1, -0.05) is 25.5 Å². The number of carbonyl (C=O) groups excluding carboxylic acids is 1. The highest BCUT2D eigenvalue weighted by Crippen LogP contribution is 2.30. The molecule has 1 aliphatic heterocycles. The van der Waals surface area contributed by atoms with Crippen LogP contribution in [0, 0.1) is 0 Å². The van der Waals surface area contributed by atoms with Gasteiger partial charge in [-0.05, 0) is 48.4 Å². The maximum Gasteiger partial charge on any atom is 0.284 e. The van der Waals surface area contributed by atoms with Gasteiger partial charge in [-0.15, -0.1) is 0 Å². The summed E-state index contributed by atoms with van der Waals surface area (Å²) in [5.41, 5.74) is 3.34. The summed E-state index contributed by atoms with van der Waals surface area (Å²) in [6.07, 6.45) is 2.99. The number of hydrogen-bond donors (Lipinski definition) is 1. The van der Waals surface area contributed by atoms with Crippen LogP contribution in [0.2, 0.25) is 0 Å². The van der Waals surface area contributed by atoms with Crippen molar-refractivity contribution >= 4 is 12.1 Å².